The van der Waals surface area contributed by atoms with E-state index >= 15 is 0 Å². The standard InChI is InChI=1S/C15H12F3O2/c1-19-11-7-10(8-12(9-11)20-2)13-5-3-4-6-14(13)15(16,17)18/h3-4,6-9H,1-2H3. The highest BCUT2D eigenvalue weighted by atomic mass is 19.4. The van der Waals surface area contributed by atoms with E-state index < -0.39 is 11.7 Å². The second-order valence-electron chi connectivity index (χ2n) is 4.06. The molecule has 0 atom stereocenters. The van der Waals surface area contributed by atoms with E-state index in [1.54, 1.807) is 6.07 Å². The lowest BCUT2D eigenvalue weighted by Crippen LogP contribution is -2.07. The topological polar surface area (TPSA) is 18.5 Å². The summed E-state index contributed by atoms with van der Waals surface area (Å²) in [5.74, 6) is 0.842. The van der Waals surface area contributed by atoms with Gasteiger partial charge in [0.15, 0.2) is 0 Å². The van der Waals surface area contributed by atoms with Gasteiger partial charge in [0.1, 0.15) is 11.5 Å². The van der Waals surface area contributed by atoms with Gasteiger partial charge in [0.25, 0.3) is 0 Å². The molecule has 0 heterocycles. The predicted octanol–water partition coefficient (Wildman–Crippen LogP) is 4.19. The number of hydrogen-bond donors (Lipinski definition) is 0. The molecule has 0 aliphatic carbocycles. The third-order valence-electron chi connectivity index (χ3n) is 2.80. The molecule has 0 fully saturated rings. The van der Waals surface area contributed by atoms with E-state index in [0.717, 1.165) is 6.07 Å². The van der Waals surface area contributed by atoms with Gasteiger partial charge in [-0.25, -0.2) is 0 Å². The molecule has 20 heavy (non-hydrogen) atoms. The van der Waals surface area contributed by atoms with Crippen molar-refractivity contribution >= 4 is 0 Å². The van der Waals surface area contributed by atoms with Crippen LogP contribution in [0.4, 0.5) is 13.2 Å². The monoisotopic (exact) mass is 281 g/mol. The summed E-state index contributed by atoms with van der Waals surface area (Å²) in [6, 6.07) is 11.0. The summed E-state index contributed by atoms with van der Waals surface area (Å²) in [4.78, 5) is 0. The van der Waals surface area contributed by atoms with Crippen LogP contribution in [0.25, 0.3) is 11.1 Å². The summed E-state index contributed by atoms with van der Waals surface area (Å²) in [5, 5.41) is 0. The molecule has 0 N–H and O–H groups in total. The molecule has 0 aliphatic heterocycles. The van der Waals surface area contributed by atoms with Crippen molar-refractivity contribution in [3.8, 4) is 22.6 Å². The summed E-state index contributed by atoms with van der Waals surface area (Å²) < 4.78 is 49.2. The molecule has 5 heteroatoms. The highest BCUT2D eigenvalue weighted by Crippen LogP contribution is 2.38. The molecule has 0 saturated heterocycles. The third kappa shape index (κ3) is 2.87. The van der Waals surface area contributed by atoms with Crippen molar-refractivity contribution in [3.05, 3.63) is 48.0 Å². The van der Waals surface area contributed by atoms with Gasteiger partial charge in [-0.05, 0) is 29.8 Å². The zero-order valence-corrected chi connectivity index (χ0v) is 10.9. The summed E-state index contributed by atoms with van der Waals surface area (Å²) >= 11 is 0. The molecule has 2 aromatic carbocycles. The molecule has 0 spiro atoms. The van der Waals surface area contributed by atoms with Crippen molar-refractivity contribution in [2.75, 3.05) is 14.2 Å². The molecule has 0 aromatic heterocycles. The fourth-order valence-corrected chi connectivity index (χ4v) is 1.86. The highest BCUT2D eigenvalue weighted by molar-refractivity contribution is 5.70. The van der Waals surface area contributed by atoms with E-state index in [0.29, 0.717) is 17.1 Å². The number of alkyl halides is 3. The summed E-state index contributed by atoms with van der Waals surface area (Å²) in [7, 11) is 2.88. The van der Waals surface area contributed by atoms with Gasteiger partial charge in [0, 0.05) is 11.6 Å². The Morgan fingerprint density at radius 2 is 1.60 bits per heavy atom. The average molecular weight is 281 g/mol. The van der Waals surface area contributed by atoms with Crippen molar-refractivity contribution in [1.29, 1.82) is 0 Å². The van der Waals surface area contributed by atoms with Crippen LogP contribution >= 0.6 is 0 Å². The SMILES string of the molecule is COc1cc(OC)cc(-c2[c]cccc2C(F)(F)F)c1. The molecule has 105 valence electrons. The Kier molecular flexibility index (Phi) is 3.88. The Morgan fingerprint density at radius 3 is 2.10 bits per heavy atom. The number of ether oxygens (including phenoxy) is 2. The van der Waals surface area contributed by atoms with E-state index in [2.05, 4.69) is 6.07 Å². The summed E-state index contributed by atoms with van der Waals surface area (Å²) in [6.45, 7) is 0. The summed E-state index contributed by atoms with van der Waals surface area (Å²) in [5.41, 5.74) is -0.429. The van der Waals surface area contributed by atoms with Crippen LogP contribution in [0.1, 0.15) is 5.56 Å². The van der Waals surface area contributed by atoms with E-state index in [1.165, 1.54) is 38.5 Å². The lowest BCUT2D eigenvalue weighted by molar-refractivity contribution is -0.137. The smallest absolute Gasteiger partial charge is 0.417 e. The van der Waals surface area contributed by atoms with Crippen molar-refractivity contribution in [3.63, 3.8) is 0 Å². The fourth-order valence-electron chi connectivity index (χ4n) is 1.86. The first-order valence-electron chi connectivity index (χ1n) is 5.77. The molecule has 0 aliphatic rings. The predicted molar refractivity (Wildman–Crippen MR) is 68.8 cm³/mol. The van der Waals surface area contributed by atoms with Gasteiger partial charge in [0.2, 0.25) is 0 Å². The second kappa shape index (κ2) is 5.45. The normalized spacial score (nSPS) is 11.2. The van der Waals surface area contributed by atoms with E-state index in [-0.39, 0.29) is 5.56 Å². The lowest BCUT2D eigenvalue weighted by Gasteiger charge is -2.14. The maximum atomic E-state index is 13.0. The molecule has 2 nitrogen and oxygen atoms in total. The van der Waals surface area contributed by atoms with Crippen LogP contribution in [0.5, 0.6) is 11.5 Å². The van der Waals surface area contributed by atoms with Crippen molar-refractivity contribution in [2.45, 2.75) is 6.18 Å². The molecule has 2 rings (SSSR count). The Morgan fingerprint density at radius 1 is 1.00 bits per heavy atom. The summed E-state index contributed by atoms with van der Waals surface area (Å²) in [6.07, 6.45) is -4.44. The fraction of sp³-hybridized carbons (Fsp3) is 0.200. The zero-order valence-electron chi connectivity index (χ0n) is 10.9. The molecular formula is C15H12F3O2. The van der Waals surface area contributed by atoms with Gasteiger partial charge in [0.05, 0.1) is 19.8 Å². The minimum atomic E-state index is -4.44. The largest absolute Gasteiger partial charge is 0.497 e. The Balaban J connectivity index is 2.62. The maximum absolute atomic E-state index is 13.0. The molecular weight excluding hydrogens is 269 g/mol. The minimum Gasteiger partial charge on any atom is -0.497 e. The second-order valence-corrected chi connectivity index (χ2v) is 4.06. The highest BCUT2D eigenvalue weighted by Gasteiger charge is 2.33. The van der Waals surface area contributed by atoms with Crippen LogP contribution in [0.3, 0.4) is 0 Å². The van der Waals surface area contributed by atoms with Gasteiger partial charge in [-0.1, -0.05) is 12.1 Å². The molecule has 1 radical (unpaired) electrons. The van der Waals surface area contributed by atoms with Gasteiger partial charge < -0.3 is 9.47 Å². The van der Waals surface area contributed by atoms with Crippen LogP contribution in [0.15, 0.2) is 36.4 Å². The van der Waals surface area contributed by atoms with Gasteiger partial charge in [-0.15, -0.1) is 0 Å². The first-order chi connectivity index (χ1) is 9.45. The number of hydrogen-bond acceptors (Lipinski definition) is 2. The van der Waals surface area contributed by atoms with E-state index in [1.807, 2.05) is 0 Å². The van der Waals surface area contributed by atoms with Crippen LogP contribution < -0.4 is 9.47 Å². The Bertz CT molecular complexity index is 584. The number of methoxy groups -OCH3 is 2. The Labute approximate surface area is 114 Å². The first-order valence-corrected chi connectivity index (χ1v) is 5.77. The van der Waals surface area contributed by atoms with Crippen LogP contribution in [0.2, 0.25) is 0 Å². The average Bonchev–Trinajstić information content (AvgIpc) is 2.45. The van der Waals surface area contributed by atoms with Gasteiger partial charge in [-0.3, -0.25) is 0 Å². The quantitative estimate of drug-likeness (QED) is 0.839. The maximum Gasteiger partial charge on any atom is 0.417 e. The van der Waals surface area contributed by atoms with Gasteiger partial charge in [-0.2, -0.15) is 13.2 Å². The molecule has 0 saturated carbocycles. The van der Waals surface area contributed by atoms with Crippen LogP contribution in [-0.4, -0.2) is 14.2 Å². The number of halogens is 3. The van der Waals surface area contributed by atoms with Crippen molar-refractivity contribution in [2.24, 2.45) is 0 Å². The third-order valence-corrected chi connectivity index (χ3v) is 2.80. The molecule has 0 amide bonds. The van der Waals surface area contributed by atoms with E-state index in [4.69, 9.17) is 9.47 Å². The number of benzene rings is 2. The van der Waals surface area contributed by atoms with E-state index in [9.17, 15) is 13.2 Å². The number of rotatable bonds is 3. The minimum absolute atomic E-state index is 0.0304. The first kappa shape index (κ1) is 14.2. The molecule has 0 bridgehead atoms. The van der Waals surface area contributed by atoms with Gasteiger partial charge >= 0.3 is 6.18 Å². The van der Waals surface area contributed by atoms with Crippen molar-refractivity contribution < 1.29 is 22.6 Å². The Hall–Kier alpha value is -2.17. The molecule has 0 unspecified atom stereocenters. The van der Waals surface area contributed by atoms with Crippen molar-refractivity contribution in [1.82, 2.24) is 0 Å². The van der Waals surface area contributed by atoms with Crippen LogP contribution in [0, 0.1) is 6.07 Å². The van der Waals surface area contributed by atoms with Crippen LogP contribution in [-0.2, 0) is 6.18 Å². The zero-order chi connectivity index (χ0) is 14.8. The molecule has 2 aromatic rings. The lowest BCUT2D eigenvalue weighted by atomic mass is 9.99.